The zero-order chi connectivity index (χ0) is 10.1. The molecule has 14 heavy (non-hydrogen) atoms. The van der Waals surface area contributed by atoms with E-state index in [0.717, 1.165) is 13.0 Å². The van der Waals surface area contributed by atoms with Gasteiger partial charge in [-0.15, -0.1) is 0 Å². The molecule has 0 aromatic heterocycles. The van der Waals surface area contributed by atoms with Gasteiger partial charge < -0.3 is 10.6 Å². The summed E-state index contributed by atoms with van der Waals surface area (Å²) in [7, 11) is 0. The number of halogens is 2. The van der Waals surface area contributed by atoms with Crippen molar-refractivity contribution < 1.29 is 4.39 Å². The van der Waals surface area contributed by atoms with E-state index in [9.17, 15) is 4.39 Å². The summed E-state index contributed by atoms with van der Waals surface area (Å²) in [6.07, 6.45) is 0.894. The fourth-order valence-electron chi connectivity index (χ4n) is 1.78. The van der Waals surface area contributed by atoms with E-state index in [1.54, 1.807) is 12.1 Å². The lowest BCUT2D eigenvalue weighted by Crippen LogP contribution is -2.27. The standard InChI is InChI=1S/C10H12ClFN2/c11-8-2-1-3-9(12)10(8)14-5-4-7(13)6-14/h1-3,7H,4-6,13H2. The van der Waals surface area contributed by atoms with Crippen LogP contribution in [0.4, 0.5) is 10.1 Å². The van der Waals surface area contributed by atoms with Crippen LogP contribution in [0.1, 0.15) is 6.42 Å². The monoisotopic (exact) mass is 214 g/mol. The highest BCUT2D eigenvalue weighted by Gasteiger charge is 2.23. The van der Waals surface area contributed by atoms with Crippen molar-refractivity contribution >= 4 is 17.3 Å². The van der Waals surface area contributed by atoms with E-state index < -0.39 is 0 Å². The molecule has 4 heteroatoms. The van der Waals surface area contributed by atoms with Gasteiger partial charge in [0.2, 0.25) is 0 Å². The molecule has 2 nitrogen and oxygen atoms in total. The van der Waals surface area contributed by atoms with E-state index in [1.165, 1.54) is 6.07 Å². The highest BCUT2D eigenvalue weighted by Crippen LogP contribution is 2.30. The molecule has 0 amide bonds. The molecule has 0 radical (unpaired) electrons. The summed E-state index contributed by atoms with van der Waals surface area (Å²) in [6, 6.07) is 4.86. The Bertz CT molecular complexity index is 323. The number of para-hydroxylation sites is 1. The molecule has 0 saturated carbocycles. The Labute approximate surface area is 87.5 Å². The molecule has 0 bridgehead atoms. The van der Waals surface area contributed by atoms with Gasteiger partial charge in [-0.2, -0.15) is 0 Å². The lowest BCUT2D eigenvalue weighted by Gasteiger charge is -2.19. The summed E-state index contributed by atoms with van der Waals surface area (Å²) in [5.74, 6) is -0.272. The van der Waals surface area contributed by atoms with Crippen molar-refractivity contribution in [2.75, 3.05) is 18.0 Å². The smallest absolute Gasteiger partial charge is 0.148 e. The predicted molar refractivity (Wildman–Crippen MR) is 56.2 cm³/mol. The molecule has 2 rings (SSSR count). The van der Waals surface area contributed by atoms with Crippen molar-refractivity contribution in [3.05, 3.63) is 29.0 Å². The van der Waals surface area contributed by atoms with Gasteiger partial charge in [0.25, 0.3) is 0 Å². The first-order chi connectivity index (χ1) is 6.68. The zero-order valence-corrected chi connectivity index (χ0v) is 8.47. The van der Waals surface area contributed by atoms with Crippen LogP contribution in [-0.4, -0.2) is 19.1 Å². The van der Waals surface area contributed by atoms with E-state index in [2.05, 4.69) is 0 Å². The molecule has 76 valence electrons. The first kappa shape index (κ1) is 9.74. The molecular weight excluding hydrogens is 203 g/mol. The van der Waals surface area contributed by atoms with E-state index in [-0.39, 0.29) is 11.9 Å². The van der Waals surface area contributed by atoms with Crippen molar-refractivity contribution in [1.29, 1.82) is 0 Å². The van der Waals surface area contributed by atoms with Crippen molar-refractivity contribution in [2.45, 2.75) is 12.5 Å². The molecule has 1 unspecified atom stereocenters. The van der Waals surface area contributed by atoms with Gasteiger partial charge in [0, 0.05) is 19.1 Å². The molecule has 0 spiro atoms. The molecular formula is C10H12ClFN2. The van der Waals surface area contributed by atoms with Crippen LogP contribution in [-0.2, 0) is 0 Å². The van der Waals surface area contributed by atoms with Crippen LogP contribution in [0.3, 0.4) is 0 Å². The Morgan fingerprint density at radius 2 is 2.29 bits per heavy atom. The molecule has 1 aliphatic rings. The summed E-state index contributed by atoms with van der Waals surface area (Å²) in [5, 5.41) is 0.458. The van der Waals surface area contributed by atoms with Crippen molar-refractivity contribution in [2.24, 2.45) is 5.73 Å². The summed E-state index contributed by atoms with van der Waals surface area (Å²) < 4.78 is 13.5. The van der Waals surface area contributed by atoms with Gasteiger partial charge in [-0.1, -0.05) is 17.7 Å². The maximum absolute atomic E-state index is 13.5. The summed E-state index contributed by atoms with van der Waals surface area (Å²) in [5.41, 5.74) is 6.24. The number of hydrogen-bond acceptors (Lipinski definition) is 2. The van der Waals surface area contributed by atoms with E-state index in [1.807, 2.05) is 4.90 Å². The van der Waals surface area contributed by atoms with Gasteiger partial charge in [-0.3, -0.25) is 0 Å². The zero-order valence-electron chi connectivity index (χ0n) is 7.71. The van der Waals surface area contributed by atoms with Gasteiger partial charge in [-0.25, -0.2) is 4.39 Å². The second kappa shape index (κ2) is 3.75. The third kappa shape index (κ3) is 1.70. The summed E-state index contributed by atoms with van der Waals surface area (Å²) in [6.45, 7) is 1.46. The molecule has 1 fully saturated rings. The average molecular weight is 215 g/mol. The Morgan fingerprint density at radius 1 is 1.50 bits per heavy atom. The number of anilines is 1. The lowest BCUT2D eigenvalue weighted by atomic mass is 10.3. The Hall–Kier alpha value is -0.800. The van der Waals surface area contributed by atoms with Crippen LogP contribution < -0.4 is 10.6 Å². The predicted octanol–water partition coefficient (Wildman–Crippen LogP) is 2.02. The maximum atomic E-state index is 13.5. The number of benzene rings is 1. The molecule has 1 aliphatic heterocycles. The average Bonchev–Trinajstić information content (AvgIpc) is 2.51. The molecule has 1 aromatic rings. The van der Waals surface area contributed by atoms with Crippen LogP contribution in [0.5, 0.6) is 0 Å². The third-order valence-corrected chi connectivity index (χ3v) is 2.78. The second-order valence-electron chi connectivity index (χ2n) is 3.57. The minimum absolute atomic E-state index is 0.130. The Morgan fingerprint density at radius 3 is 2.86 bits per heavy atom. The highest BCUT2D eigenvalue weighted by atomic mass is 35.5. The normalized spacial score (nSPS) is 21.6. The quantitative estimate of drug-likeness (QED) is 0.775. The van der Waals surface area contributed by atoms with E-state index in [4.69, 9.17) is 17.3 Å². The lowest BCUT2D eigenvalue weighted by molar-refractivity contribution is 0.622. The van der Waals surface area contributed by atoms with Crippen molar-refractivity contribution in [3.8, 4) is 0 Å². The SMILES string of the molecule is NC1CCN(c2c(F)cccc2Cl)C1. The van der Waals surface area contributed by atoms with E-state index >= 15 is 0 Å². The van der Waals surface area contributed by atoms with E-state index in [0.29, 0.717) is 17.3 Å². The first-order valence-electron chi connectivity index (χ1n) is 4.63. The summed E-state index contributed by atoms with van der Waals surface area (Å²) in [4.78, 5) is 1.91. The highest BCUT2D eigenvalue weighted by molar-refractivity contribution is 6.33. The Balaban J connectivity index is 2.31. The minimum atomic E-state index is -0.272. The van der Waals surface area contributed by atoms with Gasteiger partial charge in [0.05, 0.1) is 10.7 Å². The molecule has 0 aliphatic carbocycles. The van der Waals surface area contributed by atoms with Gasteiger partial charge >= 0.3 is 0 Å². The molecule has 2 N–H and O–H groups in total. The van der Waals surface area contributed by atoms with Crippen molar-refractivity contribution in [1.82, 2.24) is 0 Å². The molecule has 1 aromatic carbocycles. The molecule has 1 atom stereocenters. The van der Waals surface area contributed by atoms with Crippen LogP contribution in [0.15, 0.2) is 18.2 Å². The first-order valence-corrected chi connectivity index (χ1v) is 5.01. The second-order valence-corrected chi connectivity index (χ2v) is 3.97. The van der Waals surface area contributed by atoms with Gasteiger partial charge in [0.15, 0.2) is 0 Å². The molecule has 1 heterocycles. The van der Waals surface area contributed by atoms with Crippen molar-refractivity contribution in [3.63, 3.8) is 0 Å². The third-order valence-electron chi connectivity index (χ3n) is 2.48. The maximum Gasteiger partial charge on any atom is 0.148 e. The number of hydrogen-bond donors (Lipinski definition) is 1. The fraction of sp³-hybridized carbons (Fsp3) is 0.400. The largest absolute Gasteiger partial charge is 0.366 e. The van der Waals surface area contributed by atoms with Crippen LogP contribution in [0.2, 0.25) is 5.02 Å². The number of rotatable bonds is 1. The fourth-order valence-corrected chi connectivity index (χ4v) is 2.06. The van der Waals surface area contributed by atoms with Crippen LogP contribution in [0, 0.1) is 5.82 Å². The molecule has 1 saturated heterocycles. The van der Waals surface area contributed by atoms with Crippen LogP contribution >= 0.6 is 11.6 Å². The summed E-state index contributed by atoms with van der Waals surface area (Å²) >= 11 is 5.93. The number of nitrogens with zero attached hydrogens (tertiary/aromatic N) is 1. The van der Waals surface area contributed by atoms with Gasteiger partial charge in [0.1, 0.15) is 5.82 Å². The number of nitrogens with two attached hydrogens (primary N) is 1. The topological polar surface area (TPSA) is 29.3 Å². The Kier molecular flexibility index (Phi) is 2.61. The van der Waals surface area contributed by atoms with Gasteiger partial charge in [-0.05, 0) is 18.6 Å². The van der Waals surface area contributed by atoms with Crippen LogP contribution in [0.25, 0.3) is 0 Å². The minimum Gasteiger partial charge on any atom is -0.366 e.